The van der Waals surface area contributed by atoms with Gasteiger partial charge < -0.3 is 14.3 Å². The summed E-state index contributed by atoms with van der Waals surface area (Å²) < 4.78 is 12.7. The molecule has 1 aliphatic rings. The molecule has 0 fully saturated rings. The predicted molar refractivity (Wildman–Crippen MR) is 103 cm³/mol. The van der Waals surface area contributed by atoms with E-state index < -0.39 is 17.8 Å². The van der Waals surface area contributed by atoms with Crippen molar-refractivity contribution in [2.75, 3.05) is 7.11 Å². The normalized spacial score (nSPS) is 12.7. The third-order valence-corrected chi connectivity index (χ3v) is 4.48. The van der Waals surface area contributed by atoms with Crippen molar-refractivity contribution in [3.05, 3.63) is 77.1 Å². The highest BCUT2D eigenvalue weighted by Gasteiger charge is 2.38. The van der Waals surface area contributed by atoms with Gasteiger partial charge in [-0.3, -0.25) is 14.3 Å². The van der Waals surface area contributed by atoms with E-state index in [1.165, 1.54) is 31.4 Å². The Hall–Kier alpha value is -4.14. The van der Waals surface area contributed by atoms with E-state index in [1.54, 1.807) is 36.1 Å². The zero-order valence-corrected chi connectivity index (χ0v) is 16.2. The molecule has 2 amide bonds. The van der Waals surface area contributed by atoms with E-state index in [2.05, 4.69) is 5.10 Å². The van der Waals surface area contributed by atoms with Gasteiger partial charge in [0.1, 0.15) is 6.61 Å². The topological polar surface area (TPSA) is 100.0 Å². The van der Waals surface area contributed by atoms with Crippen LogP contribution < -0.4 is 9.47 Å². The number of hydrogen-bond donors (Lipinski definition) is 0. The van der Waals surface area contributed by atoms with Crippen molar-refractivity contribution in [3.63, 3.8) is 0 Å². The van der Waals surface area contributed by atoms with E-state index in [4.69, 9.17) is 14.3 Å². The van der Waals surface area contributed by atoms with Crippen molar-refractivity contribution in [2.24, 2.45) is 7.05 Å². The maximum absolute atomic E-state index is 12.5. The largest absolute Gasteiger partial charge is 0.493 e. The fourth-order valence-corrected chi connectivity index (χ4v) is 3.01. The van der Waals surface area contributed by atoms with E-state index in [9.17, 15) is 14.4 Å². The molecule has 30 heavy (non-hydrogen) atoms. The lowest BCUT2D eigenvalue weighted by Crippen LogP contribution is -2.32. The van der Waals surface area contributed by atoms with Crippen LogP contribution in [0.5, 0.6) is 11.5 Å². The van der Waals surface area contributed by atoms with Gasteiger partial charge >= 0.3 is 5.97 Å². The molecule has 0 atom stereocenters. The Bertz CT molecular complexity index is 1120. The molecule has 0 saturated carbocycles. The van der Waals surface area contributed by atoms with E-state index in [-0.39, 0.29) is 23.3 Å². The molecule has 0 saturated heterocycles. The third kappa shape index (κ3) is 3.48. The molecule has 4 rings (SSSR count). The van der Waals surface area contributed by atoms with Crippen LogP contribution in [0.25, 0.3) is 0 Å². The number of hydroxylamine groups is 2. The molecular weight excluding hydrogens is 390 g/mol. The number of amides is 2. The van der Waals surface area contributed by atoms with Crippen LogP contribution >= 0.6 is 0 Å². The Morgan fingerprint density at radius 2 is 1.73 bits per heavy atom. The summed E-state index contributed by atoms with van der Waals surface area (Å²) >= 11 is 0. The quantitative estimate of drug-likeness (QED) is 0.579. The minimum atomic E-state index is -0.874. The van der Waals surface area contributed by atoms with Crippen molar-refractivity contribution < 1.29 is 28.7 Å². The van der Waals surface area contributed by atoms with Crippen molar-refractivity contribution in [2.45, 2.75) is 6.61 Å². The number of methoxy groups -OCH3 is 1. The summed E-state index contributed by atoms with van der Waals surface area (Å²) in [6.45, 7) is 0.267. The molecule has 0 unspecified atom stereocenters. The van der Waals surface area contributed by atoms with Gasteiger partial charge in [-0.05, 0) is 30.3 Å². The summed E-state index contributed by atoms with van der Waals surface area (Å²) in [6.07, 6.45) is 3.50. The lowest BCUT2D eigenvalue weighted by atomic mass is 10.1. The lowest BCUT2D eigenvalue weighted by Gasteiger charge is -2.14. The number of ether oxygens (including phenoxy) is 2. The van der Waals surface area contributed by atoms with Crippen LogP contribution in [0.15, 0.2) is 54.9 Å². The molecule has 2 heterocycles. The molecule has 152 valence electrons. The zero-order chi connectivity index (χ0) is 21.3. The van der Waals surface area contributed by atoms with E-state index >= 15 is 0 Å². The SMILES string of the molecule is COc1cc(C(=O)ON2C(=O)c3ccccc3C2=O)ccc1OCc1cnn(C)c1. The Morgan fingerprint density at radius 1 is 1.03 bits per heavy atom. The summed E-state index contributed by atoms with van der Waals surface area (Å²) in [6, 6.07) is 10.7. The van der Waals surface area contributed by atoms with Crippen LogP contribution in [0, 0.1) is 0 Å². The second-order valence-electron chi connectivity index (χ2n) is 6.51. The minimum Gasteiger partial charge on any atom is -0.493 e. The van der Waals surface area contributed by atoms with Crippen molar-refractivity contribution >= 4 is 17.8 Å². The van der Waals surface area contributed by atoms with Gasteiger partial charge in [0.2, 0.25) is 0 Å². The molecule has 0 spiro atoms. The van der Waals surface area contributed by atoms with Gasteiger partial charge in [-0.1, -0.05) is 17.2 Å². The number of aryl methyl sites for hydroxylation is 1. The van der Waals surface area contributed by atoms with Gasteiger partial charge in [-0.15, -0.1) is 0 Å². The number of benzene rings is 2. The monoisotopic (exact) mass is 407 g/mol. The average Bonchev–Trinajstić information content (AvgIpc) is 3.28. The second-order valence-corrected chi connectivity index (χ2v) is 6.51. The Balaban J connectivity index is 1.48. The summed E-state index contributed by atoms with van der Waals surface area (Å²) in [5, 5.41) is 4.53. The molecule has 2 aromatic carbocycles. The van der Waals surface area contributed by atoms with E-state index in [1.807, 2.05) is 6.20 Å². The standard InChI is InChI=1S/C21H17N3O6/c1-23-11-13(10-22-23)12-29-17-8-7-14(9-18(17)28-2)21(27)30-24-19(25)15-5-3-4-6-16(15)20(24)26/h3-11H,12H2,1-2H3. The van der Waals surface area contributed by atoms with Gasteiger partial charge in [0.05, 0.1) is 30.0 Å². The van der Waals surface area contributed by atoms with Crippen molar-refractivity contribution in [3.8, 4) is 11.5 Å². The first kappa shape index (κ1) is 19.2. The lowest BCUT2D eigenvalue weighted by molar-refractivity contribution is -0.0584. The number of nitrogens with zero attached hydrogens (tertiary/aromatic N) is 3. The number of carbonyl (C=O) groups is 3. The van der Waals surface area contributed by atoms with Gasteiger partial charge in [0.25, 0.3) is 11.8 Å². The molecule has 0 radical (unpaired) electrons. The first-order valence-electron chi connectivity index (χ1n) is 8.96. The van der Waals surface area contributed by atoms with E-state index in [0.29, 0.717) is 16.6 Å². The number of imide groups is 1. The molecule has 9 heteroatoms. The molecule has 3 aromatic rings. The van der Waals surface area contributed by atoms with E-state index in [0.717, 1.165) is 5.56 Å². The average molecular weight is 407 g/mol. The first-order chi connectivity index (χ1) is 14.5. The second kappa shape index (κ2) is 7.70. The molecule has 1 aliphatic heterocycles. The van der Waals surface area contributed by atoms with Gasteiger partial charge in [-0.25, -0.2) is 4.79 Å². The number of aromatic nitrogens is 2. The summed E-state index contributed by atoms with van der Waals surface area (Å²) in [5.74, 6) is -1.53. The third-order valence-electron chi connectivity index (χ3n) is 4.48. The van der Waals surface area contributed by atoms with Gasteiger partial charge in [-0.2, -0.15) is 5.10 Å². The fourth-order valence-electron chi connectivity index (χ4n) is 3.01. The molecule has 0 bridgehead atoms. The minimum absolute atomic E-state index is 0.0946. The summed E-state index contributed by atoms with van der Waals surface area (Å²) in [4.78, 5) is 42.3. The van der Waals surface area contributed by atoms with Crippen LogP contribution in [-0.2, 0) is 18.5 Å². The molecule has 1 aromatic heterocycles. The maximum Gasteiger partial charge on any atom is 0.364 e. The smallest absolute Gasteiger partial charge is 0.364 e. The highest BCUT2D eigenvalue weighted by molar-refractivity contribution is 6.21. The van der Waals surface area contributed by atoms with Crippen LogP contribution in [0.3, 0.4) is 0 Å². The van der Waals surface area contributed by atoms with Crippen molar-refractivity contribution in [1.29, 1.82) is 0 Å². The Morgan fingerprint density at radius 3 is 2.33 bits per heavy atom. The van der Waals surface area contributed by atoms with Gasteiger partial charge in [0.15, 0.2) is 11.5 Å². The highest BCUT2D eigenvalue weighted by Crippen LogP contribution is 2.30. The molecule has 0 N–H and O–H groups in total. The van der Waals surface area contributed by atoms with Crippen LogP contribution in [0.4, 0.5) is 0 Å². The highest BCUT2D eigenvalue weighted by atomic mass is 16.7. The molecule has 9 nitrogen and oxygen atoms in total. The van der Waals surface area contributed by atoms with Crippen LogP contribution in [0.1, 0.15) is 36.6 Å². The Kier molecular flexibility index (Phi) is 4.93. The Labute approximate surface area is 171 Å². The number of fused-ring (bicyclic) bond motifs is 1. The first-order valence-corrected chi connectivity index (χ1v) is 8.96. The summed E-state index contributed by atoms with van der Waals surface area (Å²) in [7, 11) is 3.24. The molecular formula is C21H17N3O6. The number of carbonyl (C=O) groups excluding carboxylic acids is 3. The zero-order valence-electron chi connectivity index (χ0n) is 16.2. The maximum atomic E-state index is 12.5. The predicted octanol–water partition coefficient (Wildman–Crippen LogP) is 2.38. The fraction of sp³-hybridized carbons (Fsp3) is 0.143. The van der Waals surface area contributed by atoms with Crippen molar-refractivity contribution in [1.82, 2.24) is 14.8 Å². The van der Waals surface area contributed by atoms with Crippen LogP contribution in [0.2, 0.25) is 0 Å². The molecule has 0 aliphatic carbocycles. The van der Waals surface area contributed by atoms with Crippen LogP contribution in [-0.4, -0.2) is 39.7 Å². The van der Waals surface area contributed by atoms with Gasteiger partial charge in [0, 0.05) is 18.8 Å². The summed E-state index contributed by atoms with van der Waals surface area (Å²) in [5.41, 5.74) is 1.34. The number of hydrogen-bond acceptors (Lipinski definition) is 7. The number of rotatable bonds is 6.